The monoisotopic (exact) mass is 704 g/mol. The molecule has 0 fully saturated rings. The quantitative estimate of drug-likeness (QED) is 0.161. The molecule has 0 aliphatic carbocycles. The Bertz CT molecular complexity index is 2240. The second-order valence-corrected chi connectivity index (χ2v) is 12.6. The molecule has 3 aromatic rings. The zero-order valence-electron chi connectivity index (χ0n) is 30.5. The van der Waals surface area contributed by atoms with Crippen molar-refractivity contribution < 1.29 is 28.7 Å². The summed E-state index contributed by atoms with van der Waals surface area (Å²) in [4.78, 5) is 66.1. The van der Waals surface area contributed by atoms with Crippen LogP contribution in [-0.2, 0) is 28.7 Å². The fourth-order valence-electron chi connectivity index (χ4n) is 6.44. The van der Waals surface area contributed by atoms with E-state index in [1.165, 1.54) is 14.2 Å². The number of hydrogen-bond acceptors (Lipinski definition) is 8. The largest absolute Gasteiger partial charge is 0.468 e. The molecular formula is C40H44N6O6. The smallest absolute Gasteiger partial charge is 0.325 e. The number of rotatable bonds is 12. The number of aromatic nitrogens is 4. The van der Waals surface area contributed by atoms with Crippen LogP contribution in [0.25, 0.3) is 56.5 Å². The molecule has 4 N–H and O–H groups in total. The molecule has 52 heavy (non-hydrogen) atoms. The van der Waals surface area contributed by atoms with Gasteiger partial charge in [0, 0.05) is 46.0 Å². The van der Waals surface area contributed by atoms with Crippen LogP contribution in [0.4, 0.5) is 0 Å². The van der Waals surface area contributed by atoms with Crippen LogP contribution in [0, 0.1) is 13.8 Å². The molecule has 0 saturated heterocycles. The van der Waals surface area contributed by atoms with Crippen LogP contribution >= 0.6 is 0 Å². The van der Waals surface area contributed by atoms with Crippen molar-refractivity contribution in [1.29, 1.82) is 0 Å². The Morgan fingerprint density at radius 3 is 1.46 bits per heavy atom. The highest BCUT2D eigenvalue weighted by molar-refractivity contribution is 5.97. The van der Waals surface area contributed by atoms with Crippen LogP contribution in [0.3, 0.4) is 0 Å². The lowest BCUT2D eigenvalue weighted by atomic mass is 9.98. The predicted octanol–water partition coefficient (Wildman–Crippen LogP) is 6.22. The highest BCUT2D eigenvalue weighted by Gasteiger charge is 2.23. The lowest BCUT2D eigenvalue weighted by molar-refractivity contribution is -0.141. The average molecular weight is 705 g/mol. The van der Waals surface area contributed by atoms with E-state index in [2.05, 4.69) is 49.3 Å². The molecular weight excluding hydrogens is 660 g/mol. The number of aryl methyl sites for hydroxylation is 2. The third-order valence-corrected chi connectivity index (χ3v) is 9.56. The zero-order chi connectivity index (χ0) is 37.7. The molecule has 2 aliphatic heterocycles. The van der Waals surface area contributed by atoms with Crippen molar-refractivity contribution in [1.82, 2.24) is 30.6 Å². The summed E-state index contributed by atoms with van der Waals surface area (Å²) in [5.41, 5.74) is 13.6. The summed E-state index contributed by atoms with van der Waals surface area (Å²) in [6, 6.07) is 7.94. The molecule has 0 unspecified atom stereocenters. The van der Waals surface area contributed by atoms with E-state index >= 15 is 0 Å². The average Bonchev–Trinajstić information content (AvgIpc) is 3.79. The second kappa shape index (κ2) is 15.9. The van der Waals surface area contributed by atoms with E-state index in [0.29, 0.717) is 29.9 Å². The van der Waals surface area contributed by atoms with Gasteiger partial charge in [0.1, 0.15) is 13.1 Å². The number of ether oxygens (including phenoxy) is 2. The zero-order valence-corrected chi connectivity index (χ0v) is 30.5. The summed E-state index contributed by atoms with van der Waals surface area (Å²) in [5, 5.41) is 5.21. The van der Waals surface area contributed by atoms with E-state index in [1.807, 2.05) is 58.0 Å². The highest BCUT2D eigenvalue weighted by atomic mass is 16.5. The van der Waals surface area contributed by atoms with Gasteiger partial charge in [-0.05, 0) is 98.2 Å². The summed E-state index contributed by atoms with van der Waals surface area (Å²) >= 11 is 0. The number of esters is 2. The highest BCUT2D eigenvalue weighted by Crippen LogP contribution is 2.38. The van der Waals surface area contributed by atoms with Crippen molar-refractivity contribution in [2.45, 2.75) is 53.4 Å². The molecule has 5 rings (SSSR count). The number of hydrogen-bond donors (Lipinski definition) is 4. The van der Waals surface area contributed by atoms with Gasteiger partial charge in [-0.15, -0.1) is 0 Å². The minimum Gasteiger partial charge on any atom is -0.468 e. The van der Waals surface area contributed by atoms with Crippen LogP contribution in [0.1, 0.15) is 84.6 Å². The lowest BCUT2D eigenvalue weighted by Gasteiger charge is -2.08. The van der Waals surface area contributed by atoms with Gasteiger partial charge in [-0.2, -0.15) is 0 Å². The van der Waals surface area contributed by atoms with Crippen LogP contribution in [-0.4, -0.2) is 71.0 Å². The Hall–Kier alpha value is -6.04. The van der Waals surface area contributed by atoms with Crippen molar-refractivity contribution in [3.63, 3.8) is 0 Å². The third-order valence-electron chi connectivity index (χ3n) is 9.56. The van der Waals surface area contributed by atoms with Crippen molar-refractivity contribution in [3.8, 4) is 0 Å². The summed E-state index contributed by atoms with van der Waals surface area (Å²) < 4.78 is 9.30. The van der Waals surface area contributed by atoms with E-state index < -0.39 is 11.9 Å². The Labute approximate surface area is 302 Å². The Kier molecular flexibility index (Phi) is 11.4. The normalized spacial score (nSPS) is 12.4. The number of H-pyrrole nitrogens is 2. The first-order chi connectivity index (χ1) is 24.9. The van der Waals surface area contributed by atoms with Gasteiger partial charge >= 0.3 is 11.9 Å². The molecule has 0 spiro atoms. The first kappa shape index (κ1) is 37.2. The number of amides is 2. The molecule has 0 atom stereocenters. The number of methoxy groups -OCH3 is 2. The number of carbonyl (C=O) groups excluding carboxylic acids is 4. The van der Waals surface area contributed by atoms with Gasteiger partial charge in [-0.3, -0.25) is 19.2 Å². The van der Waals surface area contributed by atoms with E-state index in [9.17, 15) is 19.2 Å². The Morgan fingerprint density at radius 1 is 0.635 bits per heavy atom. The van der Waals surface area contributed by atoms with E-state index in [0.717, 1.165) is 72.3 Å². The molecule has 5 heterocycles. The summed E-state index contributed by atoms with van der Waals surface area (Å²) in [7, 11) is 2.53. The third kappa shape index (κ3) is 7.80. The van der Waals surface area contributed by atoms with Gasteiger partial charge in [0.25, 0.3) is 0 Å². The number of allylic oxidation sites excluding steroid dienone is 4. The standard InChI is InChI=1S/C40H44N6O6/c1-9-25-21(3)29-15-30-23(5)27(11-13-37(47)41-19-39(49)51-7)35(45-30)18-36-28(12-14-38(48)42-20-40(50)52-8)24(6)32(46-36)17-34-26(10-2)22(4)31(44-34)16-33(25)43-29/h9-10,15-18,43-44H,1-2,11-14,19-20H2,3-8H3,(H,41,47)(H,42,48). The molecule has 12 nitrogen and oxygen atoms in total. The number of fused-ring (bicyclic) bond motifs is 8. The van der Waals surface area contributed by atoms with Crippen LogP contribution in [0.5, 0.6) is 0 Å². The van der Waals surface area contributed by atoms with E-state index in [1.54, 1.807) is 0 Å². The maximum atomic E-state index is 12.8. The number of carbonyl (C=O) groups is 4. The second-order valence-electron chi connectivity index (χ2n) is 12.6. The van der Waals surface area contributed by atoms with Crippen LogP contribution in [0.15, 0.2) is 37.4 Å². The van der Waals surface area contributed by atoms with Crippen molar-refractivity contribution in [2.75, 3.05) is 27.3 Å². The SMILES string of the molecule is C=Cc1c(C)c2cc3[nH]c(cc4nc(cc5nc(cc1[nH]2)C(C)=C5CCC(=O)NCC(=O)OC)C(CCC(=O)NCC(=O)OC)=C4C)c(C)c3C=C. The Balaban J connectivity index is 1.72. The van der Waals surface area contributed by atoms with Gasteiger partial charge in [-0.1, -0.05) is 25.3 Å². The van der Waals surface area contributed by atoms with Gasteiger partial charge in [0.2, 0.25) is 11.8 Å². The lowest BCUT2D eigenvalue weighted by Crippen LogP contribution is -2.29. The molecule has 3 aromatic heterocycles. The number of nitrogens with one attached hydrogen (secondary N) is 4. The van der Waals surface area contributed by atoms with Crippen molar-refractivity contribution in [2.24, 2.45) is 0 Å². The minimum absolute atomic E-state index is 0.113. The minimum atomic E-state index is -0.534. The van der Waals surface area contributed by atoms with Gasteiger partial charge in [-0.25, -0.2) is 9.97 Å². The first-order valence-corrected chi connectivity index (χ1v) is 17.0. The van der Waals surface area contributed by atoms with E-state index in [4.69, 9.17) is 9.97 Å². The molecule has 2 amide bonds. The molecule has 0 aromatic carbocycles. The van der Waals surface area contributed by atoms with Gasteiger partial charge < -0.3 is 30.1 Å². The molecule has 0 radical (unpaired) electrons. The van der Waals surface area contributed by atoms with Crippen LogP contribution in [0.2, 0.25) is 0 Å². The first-order valence-electron chi connectivity index (χ1n) is 17.0. The van der Waals surface area contributed by atoms with Crippen molar-refractivity contribution in [3.05, 3.63) is 82.5 Å². The number of aromatic amines is 2. The van der Waals surface area contributed by atoms with Gasteiger partial charge in [0.15, 0.2) is 0 Å². The molecule has 2 aliphatic rings. The summed E-state index contributed by atoms with van der Waals surface area (Å²) in [5.74, 6) is -1.66. The fraction of sp³-hybridized carbons (Fsp3) is 0.300. The maximum Gasteiger partial charge on any atom is 0.325 e. The predicted molar refractivity (Wildman–Crippen MR) is 204 cm³/mol. The maximum absolute atomic E-state index is 12.8. The molecule has 12 heteroatoms. The molecule has 0 saturated carbocycles. The topological polar surface area (TPSA) is 168 Å². The van der Waals surface area contributed by atoms with E-state index in [-0.39, 0.29) is 37.7 Å². The fourth-order valence-corrected chi connectivity index (χ4v) is 6.44. The molecule has 270 valence electrons. The Morgan fingerprint density at radius 2 is 1.04 bits per heavy atom. The van der Waals surface area contributed by atoms with Crippen LogP contribution < -0.4 is 10.6 Å². The van der Waals surface area contributed by atoms with Gasteiger partial charge in [0.05, 0.1) is 37.0 Å². The summed E-state index contributed by atoms with van der Waals surface area (Å²) in [6.45, 7) is 15.7. The summed E-state index contributed by atoms with van der Waals surface area (Å²) in [6.07, 6.45) is 4.58. The molecule has 8 bridgehead atoms. The number of nitrogens with zero attached hydrogens (tertiary/aromatic N) is 2. The van der Waals surface area contributed by atoms with Crippen molar-refractivity contribution >= 4 is 80.3 Å².